The van der Waals surface area contributed by atoms with Gasteiger partial charge in [0.2, 0.25) is 0 Å². The summed E-state index contributed by atoms with van der Waals surface area (Å²) in [4.78, 5) is 18.4. The van der Waals surface area contributed by atoms with Gasteiger partial charge in [-0.1, -0.05) is 29.8 Å². The lowest BCUT2D eigenvalue weighted by atomic mass is 10.2. The average molecular weight is 293 g/mol. The van der Waals surface area contributed by atoms with E-state index >= 15 is 0 Å². The highest BCUT2D eigenvalue weighted by molar-refractivity contribution is 6.35. The van der Waals surface area contributed by atoms with Crippen LogP contribution in [0.3, 0.4) is 0 Å². The van der Waals surface area contributed by atoms with Gasteiger partial charge in [0.1, 0.15) is 5.69 Å². The van der Waals surface area contributed by atoms with Gasteiger partial charge in [-0.05, 0) is 26.0 Å². The Balaban J connectivity index is 2.44. The molecule has 2 aromatic rings. The maximum absolute atomic E-state index is 12.5. The normalized spacial score (nSPS) is 11.1. The van der Waals surface area contributed by atoms with Crippen LogP contribution in [-0.2, 0) is 0 Å². The van der Waals surface area contributed by atoms with Crippen molar-refractivity contribution in [2.24, 2.45) is 0 Å². The van der Waals surface area contributed by atoms with Crippen molar-refractivity contribution in [3.8, 4) is 0 Å². The third-order valence-corrected chi connectivity index (χ3v) is 3.42. The summed E-state index contributed by atoms with van der Waals surface area (Å²) in [6, 6.07) is 8.99. The quantitative estimate of drug-likeness (QED) is 0.943. The van der Waals surface area contributed by atoms with Gasteiger partial charge in [0, 0.05) is 18.0 Å². The largest absolute Gasteiger partial charge is 0.395 e. The molecule has 0 unspecified atom stereocenters. The molecule has 0 atom stereocenters. The molecule has 0 bridgehead atoms. The van der Waals surface area contributed by atoms with Gasteiger partial charge >= 0.3 is 0 Å². The summed E-state index contributed by atoms with van der Waals surface area (Å²) >= 11 is 6.21. The van der Waals surface area contributed by atoms with Gasteiger partial charge < -0.3 is 10.0 Å². The molecule has 0 aliphatic carbocycles. The fourth-order valence-corrected chi connectivity index (χ4v) is 2.35. The molecule has 0 saturated heterocycles. The molecule has 1 aromatic heterocycles. The van der Waals surface area contributed by atoms with Crippen LogP contribution in [-0.4, -0.2) is 40.1 Å². The fraction of sp³-hybridized carbons (Fsp3) is 0.333. The summed E-state index contributed by atoms with van der Waals surface area (Å²) < 4.78 is 0. The van der Waals surface area contributed by atoms with Crippen LogP contribution >= 0.6 is 11.6 Å². The van der Waals surface area contributed by atoms with Crippen LogP contribution in [0.15, 0.2) is 30.3 Å². The maximum atomic E-state index is 12.5. The number of nitrogens with zero attached hydrogens (tertiary/aromatic N) is 2. The number of hydrogen-bond acceptors (Lipinski definition) is 3. The molecular weight excluding hydrogens is 276 g/mol. The van der Waals surface area contributed by atoms with Crippen molar-refractivity contribution in [3.05, 3.63) is 41.0 Å². The molecule has 1 heterocycles. The van der Waals surface area contributed by atoms with Gasteiger partial charge in [-0.3, -0.25) is 4.79 Å². The van der Waals surface area contributed by atoms with Crippen LogP contribution in [0.25, 0.3) is 10.9 Å². The third kappa shape index (κ3) is 2.92. The fourth-order valence-electron chi connectivity index (χ4n) is 2.09. The molecule has 0 aliphatic rings. The van der Waals surface area contributed by atoms with Crippen LogP contribution in [0.4, 0.5) is 0 Å². The van der Waals surface area contributed by atoms with E-state index in [1.54, 1.807) is 11.0 Å². The van der Waals surface area contributed by atoms with Crippen LogP contribution in [0.5, 0.6) is 0 Å². The number of pyridine rings is 1. The second-order valence-electron chi connectivity index (χ2n) is 4.82. The Hall–Kier alpha value is -1.65. The summed E-state index contributed by atoms with van der Waals surface area (Å²) in [5, 5.41) is 10.4. The predicted octanol–water partition coefficient (Wildman–Crippen LogP) is 2.73. The summed E-state index contributed by atoms with van der Waals surface area (Å²) in [6.07, 6.45) is 0. The molecule has 20 heavy (non-hydrogen) atoms. The highest BCUT2D eigenvalue weighted by atomic mass is 35.5. The van der Waals surface area contributed by atoms with Gasteiger partial charge in [0.25, 0.3) is 5.91 Å². The summed E-state index contributed by atoms with van der Waals surface area (Å²) in [6.45, 7) is 4.00. The zero-order valence-electron chi connectivity index (χ0n) is 11.5. The van der Waals surface area contributed by atoms with Crippen molar-refractivity contribution in [3.63, 3.8) is 0 Å². The first-order valence-corrected chi connectivity index (χ1v) is 6.89. The molecule has 0 spiro atoms. The van der Waals surface area contributed by atoms with Crippen molar-refractivity contribution in [1.82, 2.24) is 9.88 Å². The Labute approximate surface area is 123 Å². The number of fused-ring (bicyclic) bond motifs is 1. The number of rotatable bonds is 4. The predicted molar refractivity (Wildman–Crippen MR) is 80.0 cm³/mol. The van der Waals surface area contributed by atoms with E-state index in [2.05, 4.69) is 4.98 Å². The molecule has 2 rings (SSSR count). The Morgan fingerprint density at radius 2 is 2.10 bits per heavy atom. The van der Waals surface area contributed by atoms with Crippen LogP contribution < -0.4 is 0 Å². The molecule has 4 nitrogen and oxygen atoms in total. The Kier molecular flexibility index (Phi) is 4.57. The van der Waals surface area contributed by atoms with E-state index in [1.807, 2.05) is 38.1 Å². The molecule has 5 heteroatoms. The van der Waals surface area contributed by atoms with Gasteiger partial charge in [-0.2, -0.15) is 0 Å². The van der Waals surface area contributed by atoms with Crippen molar-refractivity contribution in [1.29, 1.82) is 0 Å². The standard InChI is InChI=1S/C15H17ClN2O2/c1-10(2)18(7-8-19)15(20)14-9-12(16)11-5-3-4-6-13(11)17-14/h3-6,9-10,19H,7-8H2,1-2H3. The van der Waals surface area contributed by atoms with E-state index < -0.39 is 0 Å². The molecule has 0 aliphatic heterocycles. The first-order valence-electron chi connectivity index (χ1n) is 6.51. The van der Waals surface area contributed by atoms with Gasteiger partial charge in [-0.25, -0.2) is 4.98 Å². The number of amides is 1. The lowest BCUT2D eigenvalue weighted by Gasteiger charge is -2.25. The van der Waals surface area contributed by atoms with Crippen LogP contribution in [0.2, 0.25) is 5.02 Å². The second kappa shape index (κ2) is 6.20. The number of aliphatic hydroxyl groups is 1. The number of carbonyl (C=O) groups is 1. The van der Waals surface area contributed by atoms with E-state index in [0.29, 0.717) is 16.2 Å². The van der Waals surface area contributed by atoms with Gasteiger partial charge in [0.05, 0.1) is 17.1 Å². The number of halogens is 1. The number of aromatic nitrogens is 1. The van der Waals surface area contributed by atoms with E-state index in [4.69, 9.17) is 16.7 Å². The number of aliphatic hydroxyl groups excluding tert-OH is 1. The number of para-hydroxylation sites is 1. The number of carbonyl (C=O) groups excluding carboxylic acids is 1. The maximum Gasteiger partial charge on any atom is 0.272 e. The highest BCUT2D eigenvalue weighted by Crippen LogP contribution is 2.23. The number of benzene rings is 1. The molecule has 1 N–H and O–H groups in total. The van der Waals surface area contributed by atoms with Gasteiger partial charge in [0.15, 0.2) is 0 Å². The summed E-state index contributed by atoms with van der Waals surface area (Å²) in [5.74, 6) is -0.221. The number of hydrogen-bond donors (Lipinski definition) is 1. The molecular formula is C15H17ClN2O2. The Bertz CT molecular complexity index is 628. The zero-order valence-corrected chi connectivity index (χ0v) is 12.3. The SMILES string of the molecule is CC(C)N(CCO)C(=O)c1cc(Cl)c2ccccc2n1. The smallest absolute Gasteiger partial charge is 0.272 e. The van der Waals surface area contributed by atoms with E-state index in [-0.39, 0.29) is 25.1 Å². The molecule has 0 fully saturated rings. The molecule has 0 saturated carbocycles. The van der Waals surface area contributed by atoms with Crippen molar-refractivity contribution in [2.45, 2.75) is 19.9 Å². The lowest BCUT2D eigenvalue weighted by Crippen LogP contribution is -2.39. The van der Waals surface area contributed by atoms with Crippen LogP contribution in [0.1, 0.15) is 24.3 Å². The Morgan fingerprint density at radius 3 is 2.75 bits per heavy atom. The molecule has 0 radical (unpaired) electrons. The highest BCUT2D eigenvalue weighted by Gasteiger charge is 2.20. The summed E-state index contributed by atoms with van der Waals surface area (Å²) in [7, 11) is 0. The van der Waals surface area contributed by atoms with Crippen molar-refractivity contribution in [2.75, 3.05) is 13.2 Å². The molecule has 106 valence electrons. The topological polar surface area (TPSA) is 53.4 Å². The van der Waals surface area contributed by atoms with Crippen molar-refractivity contribution < 1.29 is 9.90 Å². The second-order valence-corrected chi connectivity index (χ2v) is 5.23. The van der Waals surface area contributed by atoms with E-state index in [9.17, 15) is 4.79 Å². The van der Waals surface area contributed by atoms with Crippen LogP contribution in [0, 0.1) is 0 Å². The average Bonchev–Trinajstić information content (AvgIpc) is 2.43. The Morgan fingerprint density at radius 1 is 1.40 bits per heavy atom. The first kappa shape index (κ1) is 14.8. The van der Waals surface area contributed by atoms with Gasteiger partial charge in [-0.15, -0.1) is 0 Å². The van der Waals surface area contributed by atoms with Crippen molar-refractivity contribution >= 4 is 28.4 Å². The molecule has 1 amide bonds. The minimum absolute atomic E-state index is 0.0123. The zero-order chi connectivity index (χ0) is 14.7. The summed E-state index contributed by atoms with van der Waals surface area (Å²) in [5.41, 5.74) is 0.993. The first-order chi connectivity index (χ1) is 9.54. The lowest BCUT2D eigenvalue weighted by molar-refractivity contribution is 0.0660. The minimum Gasteiger partial charge on any atom is -0.395 e. The molecule has 1 aromatic carbocycles. The third-order valence-electron chi connectivity index (χ3n) is 3.11. The van der Waals surface area contributed by atoms with E-state index in [0.717, 1.165) is 5.39 Å². The van der Waals surface area contributed by atoms with E-state index in [1.165, 1.54) is 0 Å². The monoisotopic (exact) mass is 292 g/mol. The minimum atomic E-state index is -0.221.